The highest BCUT2D eigenvalue weighted by Crippen LogP contribution is 2.34. The maximum atomic E-state index is 14.3. The van der Waals surface area contributed by atoms with Gasteiger partial charge in [0.15, 0.2) is 5.82 Å². The van der Waals surface area contributed by atoms with Gasteiger partial charge in [-0.3, -0.25) is 14.6 Å². The van der Waals surface area contributed by atoms with Gasteiger partial charge in [-0.15, -0.1) is 5.10 Å². The number of piperidine rings is 1. The highest BCUT2D eigenvalue weighted by molar-refractivity contribution is 9.10. The largest absolute Gasteiger partial charge is 0.396 e. The first kappa shape index (κ1) is 31.7. The molecule has 0 saturated carbocycles. The Balaban J connectivity index is 0.983. The van der Waals surface area contributed by atoms with Crippen molar-refractivity contribution in [3.05, 3.63) is 100 Å². The Labute approximate surface area is 284 Å². The van der Waals surface area contributed by atoms with Crippen LogP contribution < -0.4 is 10.6 Å². The first-order chi connectivity index (χ1) is 23.2. The van der Waals surface area contributed by atoms with Crippen molar-refractivity contribution in [2.45, 2.75) is 31.8 Å². The molecular weight excluding hydrogens is 682 g/mol. The molecule has 0 aliphatic carbocycles. The van der Waals surface area contributed by atoms with Gasteiger partial charge in [-0.05, 0) is 72.1 Å². The molecule has 2 aromatic heterocycles. The molecule has 5 aromatic rings. The molecule has 2 aliphatic rings. The summed E-state index contributed by atoms with van der Waals surface area (Å²) >= 11 is 2.86. The van der Waals surface area contributed by atoms with Crippen LogP contribution in [0.1, 0.15) is 46.5 Å². The van der Waals surface area contributed by atoms with Crippen LogP contribution in [0.5, 0.6) is 0 Å². The molecule has 2 amide bonds. The Hall–Kier alpha value is -4.91. The summed E-state index contributed by atoms with van der Waals surface area (Å²) in [6, 6.07) is 16.2. The van der Waals surface area contributed by atoms with Gasteiger partial charge in [-0.2, -0.15) is 0 Å². The zero-order valence-corrected chi connectivity index (χ0v) is 27.8. The van der Waals surface area contributed by atoms with E-state index in [1.807, 2.05) is 23.2 Å². The van der Waals surface area contributed by atoms with Gasteiger partial charge in [-0.1, -0.05) is 23.4 Å². The molecule has 48 heavy (non-hydrogen) atoms. The van der Waals surface area contributed by atoms with Crippen LogP contribution in [-0.2, 0) is 0 Å². The highest BCUT2D eigenvalue weighted by Gasteiger charge is 2.30. The molecule has 246 valence electrons. The van der Waals surface area contributed by atoms with Gasteiger partial charge >= 0.3 is 0 Å². The van der Waals surface area contributed by atoms with E-state index in [2.05, 4.69) is 55.2 Å². The molecule has 0 bridgehead atoms. The number of anilines is 2. The van der Waals surface area contributed by atoms with E-state index in [4.69, 9.17) is 5.73 Å². The van der Waals surface area contributed by atoms with E-state index in [1.54, 1.807) is 46.2 Å². The van der Waals surface area contributed by atoms with E-state index >= 15 is 0 Å². The number of benzene rings is 3. The van der Waals surface area contributed by atoms with Crippen molar-refractivity contribution in [3.8, 4) is 11.3 Å². The fourth-order valence-corrected chi connectivity index (χ4v) is 7.05. The third-order valence-corrected chi connectivity index (χ3v) is 10.1. The summed E-state index contributed by atoms with van der Waals surface area (Å²) < 4.78 is 29.8. The zero-order valence-electron chi connectivity index (χ0n) is 26.2. The maximum Gasteiger partial charge on any atom is 0.254 e. The molecule has 4 heterocycles. The number of piperazine rings is 1. The number of nitrogen functional groups attached to an aromatic ring is 1. The molecule has 2 saturated heterocycles. The lowest BCUT2D eigenvalue weighted by Crippen LogP contribution is -2.54. The van der Waals surface area contributed by atoms with Gasteiger partial charge in [0.05, 0.1) is 22.4 Å². The number of hydrogen-bond acceptors (Lipinski definition) is 7. The van der Waals surface area contributed by atoms with Crippen LogP contribution in [0.2, 0.25) is 0 Å². The fourth-order valence-electron chi connectivity index (χ4n) is 6.73. The molecule has 13 heteroatoms. The van der Waals surface area contributed by atoms with E-state index < -0.39 is 11.6 Å². The number of aromatic nitrogens is 4. The number of hydrogen-bond donors (Lipinski definition) is 1. The average molecular weight is 716 g/mol. The maximum absolute atomic E-state index is 14.3. The normalized spacial score (nSPS) is 17.2. The van der Waals surface area contributed by atoms with Gasteiger partial charge in [0.2, 0.25) is 0 Å². The van der Waals surface area contributed by atoms with E-state index in [0.717, 1.165) is 22.5 Å². The SMILES string of the molecule is CC1CN(c2cccc3cnccc23)CCN1C(=O)c1cccc(C(=O)N2CCC(n3cc(-c4cc(F)c(Br)c(F)c4N)nn3)CC2)c1. The number of carbonyl (C=O) groups is 2. The van der Waals surface area contributed by atoms with Crippen LogP contribution in [-0.4, -0.2) is 80.4 Å². The third-order valence-electron chi connectivity index (χ3n) is 9.36. The molecule has 7 rings (SSSR count). The molecule has 2 aliphatic heterocycles. The summed E-state index contributed by atoms with van der Waals surface area (Å²) in [5, 5.41) is 10.5. The number of amides is 2. The second kappa shape index (κ2) is 12.9. The van der Waals surface area contributed by atoms with E-state index in [1.165, 1.54) is 0 Å². The predicted molar refractivity (Wildman–Crippen MR) is 183 cm³/mol. The van der Waals surface area contributed by atoms with Crippen molar-refractivity contribution in [2.24, 2.45) is 0 Å². The molecule has 1 atom stereocenters. The molecule has 0 spiro atoms. The topological polar surface area (TPSA) is 113 Å². The Morgan fingerprint density at radius 3 is 2.48 bits per heavy atom. The molecule has 2 fully saturated rings. The van der Waals surface area contributed by atoms with Crippen LogP contribution >= 0.6 is 15.9 Å². The van der Waals surface area contributed by atoms with Gasteiger partial charge < -0.3 is 20.4 Å². The molecule has 2 N–H and O–H groups in total. The van der Waals surface area contributed by atoms with Crippen LogP contribution in [0, 0.1) is 11.6 Å². The number of carbonyl (C=O) groups excluding carboxylic acids is 2. The average Bonchev–Trinajstić information content (AvgIpc) is 3.62. The number of nitrogens with two attached hydrogens (primary N) is 1. The molecule has 1 unspecified atom stereocenters. The van der Waals surface area contributed by atoms with E-state index in [9.17, 15) is 18.4 Å². The molecule has 10 nitrogen and oxygen atoms in total. The van der Waals surface area contributed by atoms with E-state index in [0.29, 0.717) is 56.7 Å². The Morgan fingerprint density at radius 2 is 1.71 bits per heavy atom. The Kier molecular flexibility index (Phi) is 8.54. The summed E-state index contributed by atoms with van der Waals surface area (Å²) in [6.45, 7) is 4.96. The number of nitrogens with zero attached hydrogens (tertiary/aromatic N) is 7. The summed E-state index contributed by atoms with van der Waals surface area (Å²) in [4.78, 5) is 37.5. The fraction of sp³-hybridized carbons (Fsp3) is 0.286. The minimum Gasteiger partial charge on any atom is -0.396 e. The first-order valence-corrected chi connectivity index (χ1v) is 16.6. The second-order valence-corrected chi connectivity index (χ2v) is 13.1. The van der Waals surface area contributed by atoms with Crippen LogP contribution in [0.4, 0.5) is 20.2 Å². The van der Waals surface area contributed by atoms with Crippen molar-refractivity contribution in [3.63, 3.8) is 0 Å². The van der Waals surface area contributed by atoms with Crippen molar-refractivity contribution in [1.82, 2.24) is 29.8 Å². The van der Waals surface area contributed by atoms with Crippen molar-refractivity contribution in [1.29, 1.82) is 0 Å². The van der Waals surface area contributed by atoms with Crippen LogP contribution in [0.15, 0.2) is 77.7 Å². The first-order valence-electron chi connectivity index (χ1n) is 15.8. The van der Waals surface area contributed by atoms with Gasteiger partial charge in [-0.25, -0.2) is 13.5 Å². The molecule has 3 aromatic carbocycles. The second-order valence-electron chi connectivity index (χ2n) is 12.3. The number of rotatable bonds is 5. The van der Waals surface area contributed by atoms with Crippen molar-refractivity contribution in [2.75, 3.05) is 43.4 Å². The summed E-state index contributed by atoms with van der Waals surface area (Å²) in [5.41, 5.74) is 8.14. The Morgan fingerprint density at radius 1 is 0.958 bits per heavy atom. The zero-order chi connectivity index (χ0) is 33.5. The standard InChI is InChI=1S/C35H33BrF2N8O2/c1-21-19-44(30-7-3-6-24-18-40-11-8-26(24)30)14-15-45(21)35(48)23-5-2-4-22(16-23)34(47)43-12-9-25(10-13-43)46-20-29(41-42-46)27-17-28(37)31(36)32(38)33(27)39/h2-8,11,16-18,20-21,25H,9-10,12-15,19,39H2,1H3. The van der Waals surface area contributed by atoms with Gasteiger partial charge in [0, 0.05) is 84.3 Å². The van der Waals surface area contributed by atoms with E-state index in [-0.39, 0.29) is 45.3 Å². The van der Waals surface area contributed by atoms with Crippen LogP contribution in [0.25, 0.3) is 22.0 Å². The quantitative estimate of drug-likeness (QED) is 0.177. The number of halogens is 3. The minimum atomic E-state index is -0.885. The smallest absolute Gasteiger partial charge is 0.254 e. The lowest BCUT2D eigenvalue weighted by atomic mass is 10.0. The highest BCUT2D eigenvalue weighted by atomic mass is 79.9. The lowest BCUT2D eigenvalue weighted by molar-refractivity contribution is 0.0674. The summed E-state index contributed by atoms with van der Waals surface area (Å²) in [6.07, 6.45) is 6.51. The van der Waals surface area contributed by atoms with Gasteiger partial charge in [0.25, 0.3) is 11.8 Å². The molecular formula is C35H33BrF2N8O2. The van der Waals surface area contributed by atoms with Crippen molar-refractivity contribution < 1.29 is 18.4 Å². The number of likely N-dealkylation sites (tertiary alicyclic amines) is 1. The van der Waals surface area contributed by atoms with Crippen LogP contribution in [0.3, 0.4) is 0 Å². The molecule has 0 radical (unpaired) electrons. The summed E-state index contributed by atoms with van der Waals surface area (Å²) in [7, 11) is 0. The monoisotopic (exact) mass is 714 g/mol. The summed E-state index contributed by atoms with van der Waals surface area (Å²) in [5.74, 6) is -1.90. The lowest BCUT2D eigenvalue weighted by Gasteiger charge is -2.41. The number of fused-ring (bicyclic) bond motifs is 1. The predicted octanol–water partition coefficient (Wildman–Crippen LogP) is 5.94. The minimum absolute atomic E-state index is 0.0303. The Bertz CT molecular complexity index is 2020. The van der Waals surface area contributed by atoms with Crippen molar-refractivity contribution >= 4 is 49.9 Å². The van der Waals surface area contributed by atoms with Gasteiger partial charge in [0.1, 0.15) is 11.5 Å². The third kappa shape index (κ3) is 5.87. The number of pyridine rings is 1.